The minimum Gasteiger partial charge on any atom is -0.376 e. The molecule has 1 aromatic carbocycles. The zero-order chi connectivity index (χ0) is 13.5. The number of Topliss-reactive ketones (excluding diaryl/α,β-unsaturated/α-hetero) is 1. The molecule has 0 heterocycles. The molecule has 0 bridgehead atoms. The number of halogens is 1. The van der Waals surface area contributed by atoms with Crippen molar-refractivity contribution < 1.29 is 9.53 Å². The predicted octanol–water partition coefficient (Wildman–Crippen LogP) is 3.82. The van der Waals surface area contributed by atoms with Gasteiger partial charge in [-0.15, -0.1) is 11.6 Å². The number of rotatable bonds is 6. The topological polar surface area (TPSA) is 26.3 Å². The van der Waals surface area contributed by atoms with Gasteiger partial charge in [0.15, 0.2) is 5.78 Å². The van der Waals surface area contributed by atoms with Crippen molar-refractivity contribution in [3.8, 4) is 0 Å². The molecule has 1 saturated carbocycles. The third-order valence-electron chi connectivity index (χ3n) is 3.90. The molecule has 3 heteroatoms. The molecule has 19 heavy (non-hydrogen) atoms. The second kappa shape index (κ2) is 7.66. The van der Waals surface area contributed by atoms with E-state index in [4.69, 9.17) is 16.3 Å². The Morgan fingerprint density at radius 3 is 2.47 bits per heavy atom. The number of ether oxygens (including phenoxy) is 1. The molecule has 1 aromatic rings. The molecule has 0 N–H and O–H groups in total. The fourth-order valence-electron chi connectivity index (χ4n) is 2.68. The lowest BCUT2D eigenvalue weighted by Crippen LogP contribution is -2.24. The standard InChI is InChI=1S/C16H21ClO2/c17-10-16(18)15-8-6-14(7-9-15)12-19-11-13-4-2-1-3-5-13/h1-5,14-15H,6-12H2. The maximum absolute atomic E-state index is 11.5. The SMILES string of the molecule is O=C(CCl)C1CCC(COCc2ccccc2)CC1. The first-order chi connectivity index (χ1) is 9.29. The smallest absolute Gasteiger partial charge is 0.150 e. The molecule has 1 aliphatic carbocycles. The van der Waals surface area contributed by atoms with Crippen LogP contribution < -0.4 is 0 Å². The fourth-order valence-corrected chi connectivity index (χ4v) is 2.90. The molecule has 2 nitrogen and oxygen atoms in total. The molecule has 0 spiro atoms. The van der Waals surface area contributed by atoms with Gasteiger partial charge < -0.3 is 4.74 Å². The van der Waals surface area contributed by atoms with E-state index >= 15 is 0 Å². The average Bonchev–Trinajstić information content (AvgIpc) is 2.48. The van der Waals surface area contributed by atoms with E-state index in [1.54, 1.807) is 0 Å². The quantitative estimate of drug-likeness (QED) is 0.741. The molecule has 0 amide bonds. The van der Waals surface area contributed by atoms with Crippen molar-refractivity contribution in [2.24, 2.45) is 11.8 Å². The summed E-state index contributed by atoms with van der Waals surface area (Å²) in [5.74, 6) is 1.18. The lowest BCUT2D eigenvalue weighted by atomic mass is 9.81. The highest BCUT2D eigenvalue weighted by Gasteiger charge is 2.25. The predicted molar refractivity (Wildman–Crippen MR) is 77.3 cm³/mol. The van der Waals surface area contributed by atoms with E-state index in [9.17, 15) is 4.79 Å². The highest BCUT2D eigenvalue weighted by Crippen LogP contribution is 2.29. The molecule has 0 radical (unpaired) electrons. The van der Waals surface area contributed by atoms with Crippen molar-refractivity contribution in [1.29, 1.82) is 0 Å². The van der Waals surface area contributed by atoms with E-state index in [2.05, 4.69) is 12.1 Å². The molecule has 0 saturated heterocycles. The highest BCUT2D eigenvalue weighted by atomic mass is 35.5. The first kappa shape index (κ1) is 14.5. The first-order valence-electron chi connectivity index (χ1n) is 7.00. The zero-order valence-electron chi connectivity index (χ0n) is 11.2. The van der Waals surface area contributed by atoms with Crippen LogP contribution in [-0.2, 0) is 16.1 Å². The van der Waals surface area contributed by atoms with Crippen LogP contribution in [0, 0.1) is 11.8 Å². The van der Waals surface area contributed by atoms with E-state index < -0.39 is 0 Å². The number of benzene rings is 1. The van der Waals surface area contributed by atoms with Crippen molar-refractivity contribution in [1.82, 2.24) is 0 Å². The van der Waals surface area contributed by atoms with Gasteiger partial charge in [-0.1, -0.05) is 30.3 Å². The van der Waals surface area contributed by atoms with Crippen molar-refractivity contribution >= 4 is 17.4 Å². The molecule has 1 fully saturated rings. The Bertz CT molecular complexity index is 383. The van der Waals surface area contributed by atoms with E-state index in [0.29, 0.717) is 12.5 Å². The molecule has 2 rings (SSSR count). The van der Waals surface area contributed by atoms with Crippen LogP contribution in [0.1, 0.15) is 31.2 Å². The Balaban J connectivity index is 1.65. The maximum Gasteiger partial charge on any atom is 0.150 e. The van der Waals surface area contributed by atoms with E-state index in [1.165, 1.54) is 5.56 Å². The van der Waals surface area contributed by atoms with Gasteiger partial charge in [0.1, 0.15) is 0 Å². The van der Waals surface area contributed by atoms with Crippen molar-refractivity contribution in [3.63, 3.8) is 0 Å². The Hall–Kier alpha value is -0.860. The number of carbonyl (C=O) groups excluding carboxylic acids is 1. The van der Waals surface area contributed by atoms with Crippen LogP contribution >= 0.6 is 11.6 Å². The van der Waals surface area contributed by atoms with Gasteiger partial charge in [0, 0.05) is 12.5 Å². The van der Waals surface area contributed by atoms with Gasteiger partial charge in [-0.25, -0.2) is 0 Å². The molecule has 0 atom stereocenters. The number of hydrogen-bond acceptors (Lipinski definition) is 2. The normalized spacial score (nSPS) is 23.2. The minimum atomic E-state index is 0.167. The summed E-state index contributed by atoms with van der Waals surface area (Å²) in [6.45, 7) is 1.48. The largest absolute Gasteiger partial charge is 0.376 e. The van der Waals surface area contributed by atoms with Gasteiger partial charge in [-0.3, -0.25) is 4.79 Å². The van der Waals surface area contributed by atoms with Gasteiger partial charge in [0.2, 0.25) is 0 Å². The van der Waals surface area contributed by atoms with Crippen molar-refractivity contribution in [3.05, 3.63) is 35.9 Å². The summed E-state index contributed by atoms with van der Waals surface area (Å²) in [5.41, 5.74) is 1.22. The van der Waals surface area contributed by atoms with Gasteiger partial charge in [-0.2, -0.15) is 0 Å². The van der Waals surface area contributed by atoms with Gasteiger partial charge in [0.05, 0.1) is 12.5 Å². The Labute approximate surface area is 120 Å². The first-order valence-corrected chi connectivity index (χ1v) is 7.53. The van der Waals surface area contributed by atoms with Gasteiger partial charge >= 0.3 is 0 Å². The molecule has 104 valence electrons. The molecule has 0 aromatic heterocycles. The van der Waals surface area contributed by atoms with E-state index in [0.717, 1.165) is 32.3 Å². The molecule has 0 unspecified atom stereocenters. The van der Waals surface area contributed by atoms with Crippen LogP contribution in [0.5, 0.6) is 0 Å². The van der Waals surface area contributed by atoms with Crippen LogP contribution in [0.4, 0.5) is 0 Å². The highest BCUT2D eigenvalue weighted by molar-refractivity contribution is 6.27. The maximum atomic E-state index is 11.5. The van der Waals surface area contributed by atoms with Crippen molar-refractivity contribution in [2.75, 3.05) is 12.5 Å². The zero-order valence-corrected chi connectivity index (χ0v) is 11.9. The summed E-state index contributed by atoms with van der Waals surface area (Å²) in [6, 6.07) is 10.2. The Morgan fingerprint density at radius 1 is 1.16 bits per heavy atom. The van der Waals surface area contributed by atoms with E-state index in [1.807, 2.05) is 18.2 Å². The van der Waals surface area contributed by atoms with Crippen LogP contribution in [0.15, 0.2) is 30.3 Å². The molecular weight excluding hydrogens is 260 g/mol. The number of hydrogen-bond donors (Lipinski definition) is 0. The van der Waals surface area contributed by atoms with Crippen LogP contribution in [-0.4, -0.2) is 18.3 Å². The summed E-state index contributed by atoms with van der Waals surface area (Å²) in [4.78, 5) is 11.5. The van der Waals surface area contributed by atoms with E-state index in [-0.39, 0.29) is 17.6 Å². The Morgan fingerprint density at radius 2 is 1.84 bits per heavy atom. The van der Waals surface area contributed by atoms with Gasteiger partial charge in [0.25, 0.3) is 0 Å². The van der Waals surface area contributed by atoms with Crippen LogP contribution in [0.3, 0.4) is 0 Å². The van der Waals surface area contributed by atoms with Crippen LogP contribution in [0.25, 0.3) is 0 Å². The summed E-state index contributed by atoms with van der Waals surface area (Å²) in [5, 5.41) is 0. The Kier molecular flexibility index (Phi) is 5.87. The number of alkyl halides is 1. The summed E-state index contributed by atoms with van der Waals surface area (Å²) in [6.07, 6.45) is 4.13. The molecular formula is C16H21ClO2. The van der Waals surface area contributed by atoms with Crippen LogP contribution in [0.2, 0.25) is 0 Å². The molecule has 0 aliphatic heterocycles. The lowest BCUT2D eigenvalue weighted by molar-refractivity contribution is -0.121. The third kappa shape index (κ3) is 4.63. The fraction of sp³-hybridized carbons (Fsp3) is 0.562. The second-order valence-electron chi connectivity index (χ2n) is 5.32. The minimum absolute atomic E-state index is 0.167. The average molecular weight is 281 g/mol. The summed E-state index contributed by atoms with van der Waals surface area (Å²) < 4.78 is 5.77. The number of ketones is 1. The summed E-state index contributed by atoms with van der Waals surface area (Å²) in [7, 11) is 0. The molecule has 1 aliphatic rings. The van der Waals surface area contributed by atoms with Gasteiger partial charge in [-0.05, 0) is 37.2 Å². The number of carbonyl (C=O) groups is 1. The summed E-state index contributed by atoms with van der Waals surface area (Å²) >= 11 is 5.60. The third-order valence-corrected chi connectivity index (χ3v) is 4.16. The second-order valence-corrected chi connectivity index (χ2v) is 5.59. The monoisotopic (exact) mass is 280 g/mol. The van der Waals surface area contributed by atoms with Crippen molar-refractivity contribution in [2.45, 2.75) is 32.3 Å². The lowest BCUT2D eigenvalue weighted by Gasteiger charge is -2.27.